The SMILES string of the molecule is CCc1c(C(C)(C)C)nc2cc(C(F)(F)F)ncn12. The maximum Gasteiger partial charge on any atom is 0.433 e. The fourth-order valence-corrected chi connectivity index (χ4v) is 2.09. The van der Waals surface area contributed by atoms with E-state index in [2.05, 4.69) is 9.97 Å². The van der Waals surface area contributed by atoms with Crippen LogP contribution in [0, 0.1) is 0 Å². The maximum absolute atomic E-state index is 12.6. The number of halogens is 3. The number of aryl methyl sites for hydroxylation is 1. The van der Waals surface area contributed by atoms with Crippen molar-refractivity contribution in [3.05, 3.63) is 29.5 Å². The van der Waals surface area contributed by atoms with Gasteiger partial charge in [0, 0.05) is 17.2 Å². The minimum absolute atomic E-state index is 0.213. The van der Waals surface area contributed by atoms with Crippen LogP contribution < -0.4 is 0 Å². The van der Waals surface area contributed by atoms with Gasteiger partial charge in [-0.15, -0.1) is 0 Å². The van der Waals surface area contributed by atoms with E-state index in [4.69, 9.17) is 0 Å². The van der Waals surface area contributed by atoms with E-state index in [1.165, 1.54) is 6.33 Å². The predicted molar refractivity (Wildman–Crippen MR) is 66.1 cm³/mol. The Morgan fingerprint density at radius 3 is 2.32 bits per heavy atom. The van der Waals surface area contributed by atoms with Gasteiger partial charge in [0.25, 0.3) is 0 Å². The molecule has 2 rings (SSSR count). The molecule has 0 aliphatic heterocycles. The molecule has 19 heavy (non-hydrogen) atoms. The van der Waals surface area contributed by atoms with Crippen LogP contribution in [-0.2, 0) is 18.0 Å². The molecular weight excluding hydrogens is 255 g/mol. The van der Waals surface area contributed by atoms with Crippen molar-refractivity contribution in [1.29, 1.82) is 0 Å². The fraction of sp³-hybridized carbons (Fsp3) is 0.538. The Hall–Kier alpha value is -1.59. The fourth-order valence-electron chi connectivity index (χ4n) is 2.09. The third kappa shape index (κ3) is 2.43. The number of alkyl halides is 3. The third-order valence-electron chi connectivity index (χ3n) is 2.95. The lowest BCUT2D eigenvalue weighted by atomic mass is 9.90. The van der Waals surface area contributed by atoms with Crippen molar-refractivity contribution >= 4 is 5.65 Å². The Bertz CT molecular complexity index is 606. The number of imidazole rings is 1. The molecule has 0 saturated heterocycles. The van der Waals surface area contributed by atoms with Gasteiger partial charge in [0.1, 0.15) is 17.7 Å². The van der Waals surface area contributed by atoms with E-state index in [1.54, 1.807) is 4.40 Å². The molecule has 2 aromatic heterocycles. The van der Waals surface area contributed by atoms with Crippen LogP contribution in [0.2, 0.25) is 0 Å². The van der Waals surface area contributed by atoms with Crippen LogP contribution in [0.4, 0.5) is 13.2 Å². The van der Waals surface area contributed by atoms with E-state index < -0.39 is 11.9 Å². The quantitative estimate of drug-likeness (QED) is 0.793. The van der Waals surface area contributed by atoms with Gasteiger partial charge in [-0.05, 0) is 6.42 Å². The average molecular weight is 271 g/mol. The van der Waals surface area contributed by atoms with Gasteiger partial charge < -0.3 is 0 Å². The summed E-state index contributed by atoms with van der Waals surface area (Å²) in [5.41, 5.74) is 0.896. The molecule has 3 nitrogen and oxygen atoms in total. The number of rotatable bonds is 1. The summed E-state index contributed by atoms with van der Waals surface area (Å²) in [6, 6.07) is 0.994. The Morgan fingerprint density at radius 2 is 1.84 bits per heavy atom. The highest BCUT2D eigenvalue weighted by atomic mass is 19.4. The number of fused-ring (bicyclic) bond motifs is 1. The van der Waals surface area contributed by atoms with E-state index in [1.807, 2.05) is 27.7 Å². The van der Waals surface area contributed by atoms with E-state index in [9.17, 15) is 13.2 Å². The number of nitrogens with zero attached hydrogens (tertiary/aromatic N) is 3. The summed E-state index contributed by atoms with van der Waals surface area (Å²) in [6.45, 7) is 7.93. The highest BCUT2D eigenvalue weighted by Gasteiger charge is 2.33. The Balaban J connectivity index is 2.70. The number of hydrogen-bond donors (Lipinski definition) is 0. The van der Waals surface area contributed by atoms with Gasteiger partial charge in [0.05, 0.1) is 5.69 Å². The molecule has 0 aromatic carbocycles. The minimum atomic E-state index is -4.44. The molecule has 0 bridgehead atoms. The van der Waals surface area contributed by atoms with Crippen molar-refractivity contribution in [2.45, 2.75) is 45.7 Å². The topological polar surface area (TPSA) is 30.2 Å². The van der Waals surface area contributed by atoms with E-state index in [0.29, 0.717) is 12.1 Å². The molecule has 0 fully saturated rings. The molecule has 0 radical (unpaired) electrons. The molecule has 0 amide bonds. The van der Waals surface area contributed by atoms with E-state index in [-0.39, 0.29) is 5.41 Å². The summed E-state index contributed by atoms with van der Waals surface area (Å²) in [7, 11) is 0. The Kier molecular flexibility index (Phi) is 3.07. The second kappa shape index (κ2) is 4.21. The lowest BCUT2D eigenvalue weighted by Crippen LogP contribution is -2.14. The van der Waals surface area contributed by atoms with E-state index >= 15 is 0 Å². The molecule has 2 aromatic rings. The van der Waals surface area contributed by atoms with Crippen LogP contribution in [0.15, 0.2) is 12.4 Å². The minimum Gasteiger partial charge on any atom is -0.287 e. The van der Waals surface area contributed by atoms with Crippen LogP contribution in [0.1, 0.15) is 44.8 Å². The van der Waals surface area contributed by atoms with Gasteiger partial charge in [-0.3, -0.25) is 4.40 Å². The van der Waals surface area contributed by atoms with Gasteiger partial charge >= 0.3 is 6.18 Å². The van der Waals surface area contributed by atoms with Crippen LogP contribution in [-0.4, -0.2) is 14.4 Å². The van der Waals surface area contributed by atoms with Crippen LogP contribution in [0.25, 0.3) is 5.65 Å². The monoisotopic (exact) mass is 271 g/mol. The summed E-state index contributed by atoms with van der Waals surface area (Å²) in [4.78, 5) is 7.83. The molecule has 104 valence electrons. The number of hydrogen-bond acceptors (Lipinski definition) is 2. The van der Waals surface area contributed by atoms with Gasteiger partial charge in [0.15, 0.2) is 0 Å². The largest absolute Gasteiger partial charge is 0.433 e. The maximum atomic E-state index is 12.6. The first-order valence-electron chi connectivity index (χ1n) is 6.09. The summed E-state index contributed by atoms with van der Waals surface area (Å²) < 4.78 is 39.6. The van der Waals surface area contributed by atoms with Crippen LogP contribution in [0.3, 0.4) is 0 Å². The molecule has 6 heteroatoms. The molecule has 0 N–H and O–H groups in total. The van der Waals surface area contributed by atoms with Crippen LogP contribution >= 0.6 is 0 Å². The van der Waals surface area contributed by atoms with E-state index in [0.717, 1.165) is 17.5 Å². The molecule has 2 heterocycles. The first-order valence-corrected chi connectivity index (χ1v) is 6.09. The lowest BCUT2D eigenvalue weighted by molar-refractivity contribution is -0.141. The zero-order valence-electron chi connectivity index (χ0n) is 11.3. The zero-order valence-corrected chi connectivity index (χ0v) is 11.3. The first kappa shape index (κ1) is 13.8. The van der Waals surface area contributed by atoms with Gasteiger partial charge in [0.2, 0.25) is 0 Å². The Morgan fingerprint density at radius 1 is 1.21 bits per heavy atom. The number of aromatic nitrogens is 3. The smallest absolute Gasteiger partial charge is 0.287 e. The van der Waals surface area contributed by atoms with Crippen LogP contribution in [0.5, 0.6) is 0 Å². The zero-order chi connectivity index (χ0) is 14.4. The normalized spacial score (nSPS) is 13.2. The van der Waals surface area contributed by atoms with Crippen molar-refractivity contribution < 1.29 is 13.2 Å². The van der Waals surface area contributed by atoms with Gasteiger partial charge in [-0.1, -0.05) is 27.7 Å². The van der Waals surface area contributed by atoms with Crippen molar-refractivity contribution in [1.82, 2.24) is 14.4 Å². The Labute approximate surface area is 109 Å². The highest BCUT2D eigenvalue weighted by molar-refractivity contribution is 5.46. The summed E-state index contributed by atoms with van der Waals surface area (Å²) in [6.07, 6.45) is -2.54. The molecule has 0 aliphatic carbocycles. The summed E-state index contributed by atoms with van der Waals surface area (Å²) in [5, 5.41) is 0. The van der Waals surface area contributed by atoms with Crippen molar-refractivity contribution in [2.24, 2.45) is 0 Å². The first-order chi connectivity index (χ1) is 8.64. The summed E-state index contributed by atoms with van der Waals surface area (Å²) in [5.74, 6) is 0. The second-order valence-corrected chi connectivity index (χ2v) is 5.51. The molecule has 0 saturated carbocycles. The third-order valence-corrected chi connectivity index (χ3v) is 2.95. The van der Waals surface area contributed by atoms with Crippen molar-refractivity contribution in [2.75, 3.05) is 0 Å². The van der Waals surface area contributed by atoms with Gasteiger partial charge in [-0.25, -0.2) is 9.97 Å². The average Bonchev–Trinajstić information content (AvgIpc) is 2.64. The highest BCUT2D eigenvalue weighted by Crippen LogP contribution is 2.30. The van der Waals surface area contributed by atoms with Crippen molar-refractivity contribution in [3.63, 3.8) is 0 Å². The van der Waals surface area contributed by atoms with Crippen molar-refractivity contribution in [3.8, 4) is 0 Å². The standard InChI is InChI=1S/C13H16F3N3/c1-5-8-11(12(2,3)4)18-10-6-9(13(14,15)16)17-7-19(8)10/h6-7H,5H2,1-4H3. The lowest BCUT2D eigenvalue weighted by Gasteiger charge is -2.17. The van der Waals surface area contributed by atoms with Gasteiger partial charge in [-0.2, -0.15) is 13.2 Å². The molecule has 0 aliphatic rings. The molecule has 0 spiro atoms. The molecule has 0 unspecified atom stereocenters. The summed E-state index contributed by atoms with van der Waals surface area (Å²) >= 11 is 0. The molecular formula is C13H16F3N3. The predicted octanol–water partition coefficient (Wildman–Crippen LogP) is 3.61. The second-order valence-electron chi connectivity index (χ2n) is 5.51. The molecule has 0 atom stereocenters.